The third-order valence-corrected chi connectivity index (χ3v) is 29.2. The number of aliphatic hydroxyl groups is 12. The standard InChI is InChI=1S/2C11H25O5P.2C9H21O3P.Pd/c2*1-4-9(14)17(7-8(12)13,10(15)5-2)11(16)6-3;2*1-4-7(10)13(8(11)5-2)9(12)6-3;/h2*9-11,14-17H,4-7H2,1-3H3,(H,12,13);2*7-12H,4-6H2,1-3H3;/q;;;;+2/p-2. The zero-order chi connectivity index (χ0) is 48.1. The predicted molar refractivity (Wildman–Crippen MR) is 246 cm³/mol. The van der Waals surface area contributed by atoms with Gasteiger partial charge >= 0.3 is 225 Å². The van der Waals surface area contributed by atoms with E-state index < -0.39 is 125 Å². The minimum absolute atomic E-state index is 0. The van der Waals surface area contributed by atoms with E-state index in [0.29, 0.717) is 77.0 Å². The van der Waals surface area contributed by atoms with Crippen molar-refractivity contribution in [3.63, 3.8) is 0 Å². The van der Waals surface area contributed by atoms with Crippen molar-refractivity contribution >= 4 is 42.3 Å². The van der Waals surface area contributed by atoms with E-state index in [9.17, 15) is 81.1 Å². The average Bonchev–Trinajstić information content (AvgIpc) is 3.25. The molecule has 0 amide bonds. The summed E-state index contributed by atoms with van der Waals surface area (Å²) in [5.74, 6) is -11.5. The van der Waals surface area contributed by atoms with Gasteiger partial charge in [0.25, 0.3) is 0 Å². The first kappa shape index (κ1) is 70.9. The molecule has 12 unspecified atom stereocenters. The maximum absolute atomic E-state index is 10.9. The molecule has 0 saturated carbocycles. The van der Waals surface area contributed by atoms with Gasteiger partial charge in [-0.25, -0.2) is 0 Å². The summed E-state index contributed by atoms with van der Waals surface area (Å²) in [6.45, 7) is 21.5. The van der Waals surface area contributed by atoms with E-state index in [2.05, 4.69) is 0 Å². The Morgan fingerprint density at radius 3 is 0.557 bits per heavy atom. The second-order valence-corrected chi connectivity index (χ2v) is 29.6. The van der Waals surface area contributed by atoms with Gasteiger partial charge in [-0.05, 0) is 54.4 Å². The van der Waals surface area contributed by atoms with Gasteiger partial charge in [0, 0.05) is 0 Å². The topological polar surface area (TPSA) is 323 Å². The Kier molecular flexibility index (Phi) is 45.2. The zero-order valence-corrected chi connectivity index (χ0v) is 44.4. The molecule has 376 valence electrons. The van der Waals surface area contributed by atoms with Crippen LogP contribution in [0.3, 0.4) is 0 Å². The SMILES string of the molecule is CCC(O)P(C(O)CC)C(O)CC.CCC(O)P(C(O)CC)C(O)CC.CCC(O)[PH](CC(=O)[O-])(C(O)CC)C(O)CC.CCC(O)[PH](CC(=O)[O-])(C(O)CC)C(O)CC.[Pd+2]. The normalized spacial score (nSPS) is 19.1. The summed E-state index contributed by atoms with van der Waals surface area (Å²) in [7, 11) is -8.48. The quantitative estimate of drug-likeness (QED) is 0.0396. The van der Waals surface area contributed by atoms with E-state index in [4.69, 9.17) is 0 Å². The molecule has 0 aromatic heterocycles. The molecule has 12 N–H and O–H groups in total. The van der Waals surface area contributed by atoms with Gasteiger partial charge in [0.2, 0.25) is 0 Å². The minimum Gasteiger partial charge on any atom is 2.00 e. The van der Waals surface area contributed by atoms with E-state index in [1.807, 2.05) is 41.5 Å². The van der Waals surface area contributed by atoms with E-state index in [-0.39, 0.29) is 20.4 Å². The summed E-state index contributed by atoms with van der Waals surface area (Å²) in [6.07, 6.45) is 4.72. The number of carbonyl (C=O) groups is 2. The summed E-state index contributed by atoms with van der Waals surface area (Å²) < 4.78 is 0. The molecule has 21 heteroatoms. The zero-order valence-electron chi connectivity index (χ0n) is 39.0. The van der Waals surface area contributed by atoms with Crippen molar-refractivity contribution in [2.75, 3.05) is 12.3 Å². The second-order valence-electron chi connectivity index (χ2n) is 15.1. The molecule has 0 heterocycles. The van der Waals surface area contributed by atoms with Crippen LogP contribution in [-0.2, 0) is 30.0 Å². The molecular weight excluding hydrogens is 967 g/mol. The van der Waals surface area contributed by atoms with E-state index in [0.717, 1.165) is 0 Å². The smallest absolute Gasteiger partial charge is 2.00 e. The van der Waals surface area contributed by atoms with Crippen molar-refractivity contribution in [2.45, 2.75) is 230 Å². The molecule has 0 spiro atoms. The van der Waals surface area contributed by atoms with Gasteiger partial charge in [0.05, 0.1) is 35.1 Å². The number of carboxylic acids is 2. The van der Waals surface area contributed by atoms with Gasteiger partial charge in [-0.3, -0.25) is 0 Å². The first-order valence-corrected chi connectivity index (χ1v) is 30.0. The van der Waals surface area contributed by atoms with Crippen molar-refractivity contribution < 1.29 is 102 Å². The van der Waals surface area contributed by atoms with Gasteiger partial charge in [0.1, 0.15) is 0 Å². The number of hydrogen-bond donors (Lipinski definition) is 12. The van der Waals surface area contributed by atoms with Crippen molar-refractivity contribution in [3.05, 3.63) is 0 Å². The predicted octanol–water partition coefficient (Wildman–Crippen LogP) is 2.65. The largest absolute Gasteiger partial charge is 2.00 e. The Bertz CT molecular complexity index is 896. The first-order valence-electron chi connectivity index (χ1n) is 22.0. The fraction of sp³-hybridized carbons (Fsp3) is 0.950. The summed E-state index contributed by atoms with van der Waals surface area (Å²) >= 11 is 0. The van der Waals surface area contributed by atoms with Crippen LogP contribution in [0.25, 0.3) is 0 Å². The summed E-state index contributed by atoms with van der Waals surface area (Å²) in [5.41, 5.74) is 0. The van der Waals surface area contributed by atoms with Crippen LogP contribution in [0.4, 0.5) is 0 Å². The van der Waals surface area contributed by atoms with Crippen LogP contribution >= 0.6 is 30.4 Å². The van der Waals surface area contributed by atoms with E-state index in [1.54, 1.807) is 41.5 Å². The Balaban J connectivity index is -0.000000229. The monoisotopic (exact) mass is 1060 g/mol. The molecule has 61 heavy (non-hydrogen) atoms. The molecule has 0 aliphatic rings. The van der Waals surface area contributed by atoms with Gasteiger partial charge in [0.15, 0.2) is 0 Å². The number of carboxylic acid groups (broad SMARTS) is 2. The van der Waals surface area contributed by atoms with Crippen molar-refractivity contribution in [3.8, 4) is 0 Å². The average molecular weight is 1060 g/mol. The summed E-state index contributed by atoms with van der Waals surface area (Å²) in [6, 6.07) is 0. The number of rotatable bonds is 28. The summed E-state index contributed by atoms with van der Waals surface area (Å²) in [4.78, 5) is 21.7. The maximum atomic E-state index is 10.9. The van der Waals surface area contributed by atoms with E-state index in [1.165, 1.54) is 0 Å². The van der Waals surface area contributed by atoms with Crippen LogP contribution in [0.15, 0.2) is 0 Å². The molecule has 0 aliphatic heterocycles. The Labute approximate surface area is 384 Å². The Hall–Kier alpha value is 0.842. The van der Waals surface area contributed by atoms with Crippen molar-refractivity contribution in [1.29, 1.82) is 0 Å². The summed E-state index contributed by atoms with van der Waals surface area (Å²) in [5, 5.41) is 140. The van der Waals surface area contributed by atoms with Crippen LogP contribution in [0.2, 0.25) is 0 Å². The molecule has 12 atom stereocenters. The molecular formula is C40H90O16P4Pd. The maximum Gasteiger partial charge on any atom is 2.00 e. The van der Waals surface area contributed by atoms with Gasteiger partial charge < -0.3 is 30.6 Å². The fourth-order valence-corrected chi connectivity index (χ4v) is 21.8. The van der Waals surface area contributed by atoms with Gasteiger partial charge in [-0.1, -0.05) is 41.5 Å². The van der Waals surface area contributed by atoms with Crippen molar-refractivity contribution in [1.82, 2.24) is 0 Å². The van der Waals surface area contributed by atoms with Crippen LogP contribution in [0, 0.1) is 0 Å². The molecule has 0 aliphatic carbocycles. The van der Waals surface area contributed by atoms with Crippen LogP contribution in [-0.4, -0.2) is 156 Å². The third kappa shape index (κ3) is 23.4. The molecule has 0 aromatic rings. The van der Waals surface area contributed by atoms with Crippen LogP contribution in [0.1, 0.15) is 160 Å². The number of aliphatic carboxylic acids is 2. The molecule has 16 nitrogen and oxygen atoms in total. The van der Waals surface area contributed by atoms with Crippen LogP contribution < -0.4 is 10.2 Å². The molecule has 0 saturated heterocycles. The molecule has 0 bridgehead atoms. The third-order valence-electron chi connectivity index (χ3n) is 11.2. The fourth-order valence-electron chi connectivity index (χ4n) is 7.28. The Morgan fingerprint density at radius 1 is 0.344 bits per heavy atom. The molecule has 0 rings (SSSR count). The van der Waals surface area contributed by atoms with Gasteiger partial charge in [-0.15, -0.1) is 0 Å². The van der Waals surface area contributed by atoms with Crippen molar-refractivity contribution in [2.24, 2.45) is 0 Å². The first-order chi connectivity index (χ1) is 27.9. The number of aliphatic hydroxyl groups excluding tert-OH is 12. The number of carbonyl (C=O) groups excluding carboxylic acids is 2. The second kappa shape index (κ2) is 38.9. The number of hydrogen-bond acceptors (Lipinski definition) is 16. The molecule has 0 aromatic carbocycles. The van der Waals surface area contributed by atoms with Gasteiger partial charge in [-0.2, -0.15) is 0 Å². The van der Waals surface area contributed by atoms with Crippen LogP contribution in [0.5, 0.6) is 0 Å². The van der Waals surface area contributed by atoms with E-state index >= 15 is 0 Å². The molecule has 0 radical (unpaired) electrons. The Morgan fingerprint density at radius 2 is 0.475 bits per heavy atom. The minimum atomic E-state index is -3.16. The molecule has 0 fully saturated rings.